The van der Waals surface area contributed by atoms with Crippen LogP contribution >= 0.6 is 11.3 Å². The van der Waals surface area contributed by atoms with Crippen LogP contribution in [0.1, 0.15) is 48.0 Å². The monoisotopic (exact) mass is 462 g/mol. The lowest BCUT2D eigenvalue weighted by Gasteiger charge is -2.35. The third-order valence-corrected chi connectivity index (χ3v) is 7.61. The molecule has 2 fully saturated rings. The van der Waals surface area contributed by atoms with Gasteiger partial charge in [0.2, 0.25) is 5.91 Å². The molecule has 0 radical (unpaired) electrons. The molecule has 2 aliphatic heterocycles. The molecule has 172 valence electrons. The Balaban J connectivity index is 1.30. The molecule has 4 heterocycles. The van der Waals surface area contributed by atoms with E-state index >= 15 is 0 Å². The minimum Gasteiger partial charge on any atom is -0.342 e. The Hall–Kier alpha value is -2.93. The second kappa shape index (κ2) is 9.91. The van der Waals surface area contributed by atoms with Gasteiger partial charge in [-0.2, -0.15) is 5.10 Å². The molecule has 6 nitrogen and oxygen atoms in total. The van der Waals surface area contributed by atoms with Gasteiger partial charge in [0.05, 0.1) is 17.0 Å². The Labute approximate surface area is 198 Å². The topological polar surface area (TPSA) is 58.4 Å². The standard InChI is InChI=1S/C26H30N4O2S/c31-25(28-13-5-2-6-14-28)21-11-15-29(16-12-21)26(32)22-19-30(18-20-8-3-1-4-9-20)27-24(22)23-10-7-17-33-23/h1,3-4,7-10,17,19,21H,2,5-6,11-16,18H2. The first-order chi connectivity index (χ1) is 16.2. The molecule has 7 heteroatoms. The SMILES string of the molecule is O=C(c1cn(Cc2ccccc2)nc1-c1cccs1)N1CCC(C(=O)N2CCCCC2)CC1. The Morgan fingerprint density at radius 3 is 2.36 bits per heavy atom. The van der Waals surface area contributed by atoms with Gasteiger partial charge in [-0.3, -0.25) is 14.3 Å². The molecular formula is C26H30N4O2S. The van der Waals surface area contributed by atoms with Crippen molar-refractivity contribution < 1.29 is 9.59 Å². The summed E-state index contributed by atoms with van der Waals surface area (Å²) in [4.78, 5) is 31.4. The van der Waals surface area contributed by atoms with Crippen molar-refractivity contribution in [2.24, 2.45) is 5.92 Å². The minimum absolute atomic E-state index is 0.0154. The van der Waals surface area contributed by atoms with E-state index in [9.17, 15) is 9.59 Å². The van der Waals surface area contributed by atoms with Crippen molar-refractivity contribution in [3.8, 4) is 10.6 Å². The zero-order chi connectivity index (χ0) is 22.6. The van der Waals surface area contributed by atoms with E-state index in [4.69, 9.17) is 5.10 Å². The van der Waals surface area contributed by atoms with E-state index in [0.717, 1.165) is 54.9 Å². The first-order valence-corrected chi connectivity index (χ1v) is 12.8. The molecule has 0 aliphatic carbocycles. The van der Waals surface area contributed by atoms with E-state index in [1.807, 2.05) is 56.4 Å². The minimum atomic E-state index is 0.0154. The third kappa shape index (κ3) is 4.88. The summed E-state index contributed by atoms with van der Waals surface area (Å²) in [6.45, 7) is 3.65. The highest BCUT2D eigenvalue weighted by Gasteiger charge is 2.32. The number of nitrogens with zero attached hydrogens (tertiary/aromatic N) is 4. The summed E-state index contributed by atoms with van der Waals surface area (Å²) in [6.07, 6.45) is 6.82. The van der Waals surface area contributed by atoms with Gasteiger partial charge < -0.3 is 9.80 Å². The lowest BCUT2D eigenvalue weighted by Crippen LogP contribution is -2.45. The number of piperidine rings is 2. The quantitative estimate of drug-likeness (QED) is 0.560. The van der Waals surface area contributed by atoms with Crippen molar-refractivity contribution in [3.05, 3.63) is 65.2 Å². The number of likely N-dealkylation sites (tertiary alicyclic amines) is 2. The van der Waals surface area contributed by atoms with Gasteiger partial charge in [0.25, 0.3) is 5.91 Å². The van der Waals surface area contributed by atoms with Gasteiger partial charge in [-0.15, -0.1) is 11.3 Å². The normalized spacial score (nSPS) is 17.3. The summed E-state index contributed by atoms with van der Waals surface area (Å²) in [5.74, 6) is 0.350. The predicted molar refractivity (Wildman–Crippen MR) is 130 cm³/mol. The highest BCUT2D eigenvalue weighted by molar-refractivity contribution is 7.13. The second-order valence-electron chi connectivity index (χ2n) is 9.00. The lowest BCUT2D eigenvalue weighted by atomic mass is 9.94. The average Bonchev–Trinajstić information content (AvgIpc) is 3.55. The van der Waals surface area contributed by atoms with E-state index in [0.29, 0.717) is 25.2 Å². The molecule has 0 bridgehead atoms. The van der Waals surface area contributed by atoms with Gasteiger partial charge in [-0.05, 0) is 49.1 Å². The van der Waals surface area contributed by atoms with Crippen LogP contribution in [0.15, 0.2) is 54.0 Å². The smallest absolute Gasteiger partial charge is 0.257 e. The Morgan fingerprint density at radius 1 is 0.909 bits per heavy atom. The number of hydrogen-bond acceptors (Lipinski definition) is 4. The largest absolute Gasteiger partial charge is 0.342 e. The molecule has 0 N–H and O–H groups in total. The van der Waals surface area contributed by atoms with Crippen LogP contribution in [0.2, 0.25) is 0 Å². The first-order valence-electron chi connectivity index (χ1n) is 11.9. The molecule has 2 aromatic heterocycles. The summed E-state index contributed by atoms with van der Waals surface area (Å²) in [5.41, 5.74) is 2.54. The molecule has 2 saturated heterocycles. The van der Waals surface area contributed by atoms with Crippen molar-refractivity contribution in [1.82, 2.24) is 19.6 Å². The molecule has 1 aromatic carbocycles. The number of thiophene rings is 1. The van der Waals surface area contributed by atoms with Gasteiger partial charge in [0.1, 0.15) is 5.69 Å². The summed E-state index contributed by atoms with van der Waals surface area (Å²) in [7, 11) is 0. The molecular weight excluding hydrogens is 432 g/mol. The number of rotatable bonds is 5. The van der Waals surface area contributed by atoms with Crippen molar-refractivity contribution in [2.75, 3.05) is 26.2 Å². The zero-order valence-corrected chi connectivity index (χ0v) is 19.7. The van der Waals surface area contributed by atoms with Crippen molar-refractivity contribution in [3.63, 3.8) is 0 Å². The Kier molecular flexibility index (Phi) is 6.58. The van der Waals surface area contributed by atoms with Gasteiger partial charge in [0, 0.05) is 38.3 Å². The fourth-order valence-corrected chi connectivity index (χ4v) is 5.62. The molecule has 2 amide bonds. The van der Waals surface area contributed by atoms with Crippen LogP contribution in [0.25, 0.3) is 10.6 Å². The van der Waals surface area contributed by atoms with Crippen molar-refractivity contribution in [1.29, 1.82) is 0 Å². The fraction of sp³-hybridized carbons (Fsp3) is 0.423. The van der Waals surface area contributed by atoms with Crippen LogP contribution < -0.4 is 0 Å². The van der Waals surface area contributed by atoms with Crippen LogP contribution in [0.5, 0.6) is 0 Å². The van der Waals surface area contributed by atoms with Crippen LogP contribution in [0.4, 0.5) is 0 Å². The number of carbonyl (C=O) groups excluding carboxylic acids is 2. The Morgan fingerprint density at radius 2 is 1.67 bits per heavy atom. The second-order valence-corrected chi connectivity index (χ2v) is 9.95. The third-order valence-electron chi connectivity index (χ3n) is 6.73. The molecule has 0 unspecified atom stereocenters. The van der Waals surface area contributed by atoms with Gasteiger partial charge in [-0.1, -0.05) is 36.4 Å². The van der Waals surface area contributed by atoms with Crippen molar-refractivity contribution in [2.45, 2.75) is 38.6 Å². The molecule has 0 saturated carbocycles. The summed E-state index contributed by atoms with van der Waals surface area (Å²) in [6, 6.07) is 14.2. The van der Waals surface area contributed by atoms with E-state index < -0.39 is 0 Å². The van der Waals surface area contributed by atoms with Crippen LogP contribution in [-0.4, -0.2) is 57.6 Å². The van der Waals surface area contributed by atoms with Crippen LogP contribution in [-0.2, 0) is 11.3 Å². The zero-order valence-electron chi connectivity index (χ0n) is 18.9. The summed E-state index contributed by atoms with van der Waals surface area (Å²) >= 11 is 1.60. The van der Waals surface area contributed by atoms with E-state index in [1.165, 1.54) is 6.42 Å². The number of hydrogen-bond donors (Lipinski definition) is 0. The number of aromatic nitrogens is 2. The maximum atomic E-state index is 13.5. The van der Waals surface area contributed by atoms with Gasteiger partial charge >= 0.3 is 0 Å². The molecule has 33 heavy (non-hydrogen) atoms. The number of carbonyl (C=O) groups is 2. The van der Waals surface area contributed by atoms with E-state index in [1.54, 1.807) is 11.3 Å². The van der Waals surface area contributed by atoms with Crippen molar-refractivity contribution >= 4 is 23.2 Å². The Bertz CT molecular complexity index is 1080. The number of amides is 2. The van der Waals surface area contributed by atoms with E-state index in [-0.39, 0.29) is 17.7 Å². The van der Waals surface area contributed by atoms with Gasteiger partial charge in [0.15, 0.2) is 0 Å². The highest BCUT2D eigenvalue weighted by Crippen LogP contribution is 2.29. The first kappa shape index (κ1) is 21.9. The predicted octanol–water partition coefficient (Wildman–Crippen LogP) is 4.52. The lowest BCUT2D eigenvalue weighted by molar-refractivity contribution is -0.137. The fourth-order valence-electron chi connectivity index (χ4n) is 4.90. The maximum Gasteiger partial charge on any atom is 0.257 e. The van der Waals surface area contributed by atoms with Gasteiger partial charge in [-0.25, -0.2) is 0 Å². The maximum absolute atomic E-state index is 13.5. The molecule has 3 aromatic rings. The van der Waals surface area contributed by atoms with Crippen LogP contribution in [0, 0.1) is 5.92 Å². The average molecular weight is 463 g/mol. The summed E-state index contributed by atoms with van der Waals surface area (Å²) < 4.78 is 1.87. The highest BCUT2D eigenvalue weighted by atomic mass is 32.1. The molecule has 0 spiro atoms. The number of benzene rings is 1. The van der Waals surface area contributed by atoms with E-state index in [2.05, 4.69) is 12.1 Å². The summed E-state index contributed by atoms with van der Waals surface area (Å²) in [5, 5.41) is 6.80. The molecule has 0 atom stereocenters. The van der Waals surface area contributed by atoms with Crippen LogP contribution in [0.3, 0.4) is 0 Å². The molecule has 2 aliphatic rings. The molecule has 5 rings (SSSR count).